The zero-order chi connectivity index (χ0) is 10.7. The first-order valence-electron chi connectivity index (χ1n) is 3.66. The molecule has 0 bridgehead atoms. The zero-order valence-corrected chi connectivity index (χ0v) is 9.46. The predicted molar refractivity (Wildman–Crippen MR) is 55.0 cm³/mol. The third kappa shape index (κ3) is 2.01. The molecule has 1 rings (SSSR count). The fraction of sp³-hybridized carbons (Fsp3) is 0.250. The molecule has 0 aliphatic carbocycles. The molecule has 0 saturated heterocycles. The molecular weight excluding hydrogens is 245 g/mol. The Morgan fingerprint density at radius 2 is 2.29 bits per heavy atom. The van der Waals surface area contributed by atoms with E-state index in [0.29, 0.717) is 0 Å². The summed E-state index contributed by atoms with van der Waals surface area (Å²) in [5, 5.41) is 8.85. The number of esters is 1. The van der Waals surface area contributed by atoms with Crippen LogP contribution in [0.5, 0.6) is 0 Å². The van der Waals surface area contributed by atoms with Crippen molar-refractivity contribution in [3.05, 3.63) is 19.8 Å². The molecule has 3 nitrogen and oxygen atoms in total. The van der Waals surface area contributed by atoms with Crippen LogP contribution in [0.1, 0.15) is 22.2 Å². The van der Waals surface area contributed by atoms with E-state index < -0.39 is 5.97 Å². The third-order valence-electron chi connectivity index (χ3n) is 1.38. The lowest BCUT2D eigenvalue weighted by molar-refractivity contribution is 0.0532. The number of carbonyl (C=O) groups excluding carboxylic acids is 1. The standard InChI is InChI=1S/C8H5Cl2NO2S/c1-2-13-8(12)6-4(3-11)5(9)7(10)14-6/h2H2,1H3. The van der Waals surface area contributed by atoms with Crippen molar-refractivity contribution in [1.82, 2.24) is 0 Å². The summed E-state index contributed by atoms with van der Waals surface area (Å²) in [4.78, 5) is 11.5. The lowest BCUT2D eigenvalue weighted by Crippen LogP contribution is -2.03. The van der Waals surface area contributed by atoms with Crippen LogP contribution in [0, 0.1) is 11.3 Å². The summed E-state index contributed by atoms with van der Waals surface area (Å²) < 4.78 is 4.97. The fourth-order valence-corrected chi connectivity index (χ4v) is 2.22. The van der Waals surface area contributed by atoms with Crippen molar-refractivity contribution in [2.75, 3.05) is 6.61 Å². The molecule has 0 radical (unpaired) electrons. The van der Waals surface area contributed by atoms with Crippen molar-refractivity contribution in [2.24, 2.45) is 0 Å². The van der Waals surface area contributed by atoms with Gasteiger partial charge in [-0.3, -0.25) is 0 Å². The topological polar surface area (TPSA) is 50.1 Å². The normalized spacial score (nSPS) is 9.57. The number of nitriles is 1. The highest BCUT2D eigenvalue weighted by Gasteiger charge is 2.21. The first-order chi connectivity index (χ1) is 6.61. The highest BCUT2D eigenvalue weighted by Crippen LogP contribution is 2.36. The average Bonchev–Trinajstić information content (AvgIpc) is 2.44. The maximum atomic E-state index is 11.3. The van der Waals surface area contributed by atoms with E-state index in [1.807, 2.05) is 6.07 Å². The van der Waals surface area contributed by atoms with Crippen LogP contribution in [0.3, 0.4) is 0 Å². The lowest BCUT2D eigenvalue weighted by Gasteiger charge is -1.97. The van der Waals surface area contributed by atoms with Gasteiger partial charge in [-0.15, -0.1) is 11.3 Å². The first-order valence-corrected chi connectivity index (χ1v) is 5.24. The Labute approximate surface area is 94.8 Å². The largest absolute Gasteiger partial charge is 0.462 e. The number of halogens is 2. The van der Waals surface area contributed by atoms with Crippen molar-refractivity contribution in [3.63, 3.8) is 0 Å². The van der Waals surface area contributed by atoms with Crippen LogP contribution >= 0.6 is 34.5 Å². The quantitative estimate of drug-likeness (QED) is 0.757. The summed E-state index contributed by atoms with van der Waals surface area (Å²) in [5.41, 5.74) is 0.0834. The SMILES string of the molecule is CCOC(=O)c1sc(Cl)c(Cl)c1C#N. The van der Waals surface area contributed by atoms with E-state index in [1.54, 1.807) is 6.92 Å². The van der Waals surface area contributed by atoms with Gasteiger partial charge in [0.2, 0.25) is 0 Å². The Hall–Kier alpha value is -0.760. The molecule has 6 heteroatoms. The number of ether oxygens (including phenoxy) is 1. The van der Waals surface area contributed by atoms with E-state index in [2.05, 4.69) is 0 Å². The fourth-order valence-electron chi connectivity index (χ4n) is 0.824. The molecule has 1 heterocycles. The number of carbonyl (C=O) groups is 1. The molecule has 0 N–H and O–H groups in total. The summed E-state index contributed by atoms with van der Waals surface area (Å²) in [7, 11) is 0. The lowest BCUT2D eigenvalue weighted by atomic mass is 10.3. The van der Waals surface area contributed by atoms with Gasteiger partial charge in [0.15, 0.2) is 0 Å². The van der Waals surface area contributed by atoms with E-state index in [1.165, 1.54) is 0 Å². The molecule has 0 amide bonds. The summed E-state index contributed by atoms with van der Waals surface area (Å²) >= 11 is 12.3. The van der Waals surface area contributed by atoms with E-state index in [0.717, 1.165) is 11.3 Å². The second kappa shape index (κ2) is 4.65. The van der Waals surface area contributed by atoms with Gasteiger partial charge in [-0.2, -0.15) is 5.26 Å². The molecule has 0 aromatic carbocycles. The maximum absolute atomic E-state index is 11.3. The highest BCUT2D eigenvalue weighted by atomic mass is 35.5. The molecule has 0 spiro atoms. The van der Waals surface area contributed by atoms with Gasteiger partial charge in [0.25, 0.3) is 0 Å². The smallest absolute Gasteiger partial charge is 0.349 e. The molecule has 14 heavy (non-hydrogen) atoms. The summed E-state index contributed by atoms with van der Waals surface area (Å²) in [6, 6.07) is 1.82. The van der Waals surface area contributed by atoms with E-state index in [9.17, 15) is 4.79 Å². The minimum absolute atomic E-state index is 0.0834. The molecular formula is C8H5Cl2NO2S. The number of nitrogens with zero attached hydrogens (tertiary/aromatic N) is 1. The number of hydrogen-bond acceptors (Lipinski definition) is 4. The van der Waals surface area contributed by atoms with Crippen molar-refractivity contribution >= 4 is 40.5 Å². The summed E-state index contributed by atoms with van der Waals surface area (Å²) in [6.45, 7) is 1.93. The Balaban J connectivity index is 3.16. The Morgan fingerprint density at radius 3 is 2.79 bits per heavy atom. The predicted octanol–water partition coefficient (Wildman–Crippen LogP) is 3.10. The van der Waals surface area contributed by atoms with Crippen molar-refractivity contribution in [3.8, 4) is 6.07 Å². The minimum atomic E-state index is -0.567. The highest BCUT2D eigenvalue weighted by molar-refractivity contribution is 7.19. The molecule has 0 atom stereocenters. The van der Waals surface area contributed by atoms with Crippen molar-refractivity contribution < 1.29 is 9.53 Å². The van der Waals surface area contributed by atoms with Gasteiger partial charge >= 0.3 is 5.97 Å². The van der Waals surface area contributed by atoms with Gasteiger partial charge in [-0.25, -0.2) is 4.79 Å². The van der Waals surface area contributed by atoms with Crippen LogP contribution in [0.4, 0.5) is 0 Å². The van der Waals surface area contributed by atoms with E-state index in [4.69, 9.17) is 33.2 Å². The van der Waals surface area contributed by atoms with Crippen molar-refractivity contribution in [1.29, 1.82) is 5.26 Å². The molecule has 0 aliphatic heterocycles. The zero-order valence-electron chi connectivity index (χ0n) is 7.13. The second-order valence-electron chi connectivity index (χ2n) is 2.23. The monoisotopic (exact) mass is 249 g/mol. The van der Waals surface area contributed by atoms with Gasteiger partial charge in [0, 0.05) is 0 Å². The molecule has 1 aromatic heterocycles. The second-order valence-corrected chi connectivity index (χ2v) is 4.23. The third-order valence-corrected chi connectivity index (χ3v) is 3.35. The van der Waals surface area contributed by atoms with Crippen LogP contribution in [-0.2, 0) is 4.74 Å². The van der Waals surface area contributed by atoms with Crippen LogP contribution in [-0.4, -0.2) is 12.6 Å². The molecule has 74 valence electrons. The van der Waals surface area contributed by atoms with Crippen LogP contribution in [0.25, 0.3) is 0 Å². The molecule has 0 saturated carbocycles. The van der Waals surface area contributed by atoms with Gasteiger partial charge < -0.3 is 4.74 Å². The molecule has 0 aliphatic rings. The maximum Gasteiger partial charge on any atom is 0.349 e. The van der Waals surface area contributed by atoms with Gasteiger partial charge in [0.05, 0.1) is 17.2 Å². The number of hydrogen-bond donors (Lipinski definition) is 0. The minimum Gasteiger partial charge on any atom is -0.462 e. The van der Waals surface area contributed by atoms with E-state index in [-0.39, 0.29) is 26.4 Å². The first kappa shape index (κ1) is 11.3. The van der Waals surface area contributed by atoms with Gasteiger partial charge in [-0.05, 0) is 6.92 Å². The average molecular weight is 250 g/mol. The Kier molecular flexibility index (Phi) is 3.76. The van der Waals surface area contributed by atoms with Crippen molar-refractivity contribution in [2.45, 2.75) is 6.92 Å². The van der Waals surface area contributed by atoms with Gasteiger partial charge in [-0.1, -0.05) is 23.2 Å². The van der Waals surface area contributed by atoms with Crippen LogP contribution < -0.4 is 0 Å². The summed E-state index contributed by atoms with van der Waals surface area (Å²) in [6.07, 6.45) is 0. The van der Waals surface area contributed by atoms with Crippen LogP contribution in [0.2, 0.25) is 9.36 Å². The van der Waals surface area contributed by atoms with Gasteiger partial charge in [0.1, 0.15) is 15.3 Å². The molecule has 1 aromatic rings. The Morgan fingerprint density at radius 1 is 1.64 bits per heavy atom. The molecule has 0 unspecified atom stereocenters. The summed E-state index contributed by atoms with van der Waals surface area (Å²) in [5.74, 6) is -0.567. The number of rotatable bonds is 2. The van der Waals surface area contributed by atoms with Crippen LogP contribution in [0.15, 0.2) is 0 Å². The van der Waals surface area contributed by atoms with E-state index >= 15 is 0 Å². The number of thiophene rings is 1. The molecule has 0 fully saturated rings. The Bertz CT molecular complexity index is 408.